The number of amides is 1. The van der Waals surface area contributed by atoms with Gasteiger partial charge in [-0.3, -0.25) is 4.79 Å². The van der Waals surface area contributed by atoms with E-state index >= 15 is 0 Å². The van der Waals surface area contributed by atoms with Crippen molar-refractivity contribution in [1.29, 1.82) is 0 Å². The summed E-state index contributed by atoms with van der Waals surface area (Å²) in [5.41, 5.74) is 4.44. The fraction of sp³-hybridized carbons (Fsp3) is 0.348. The molecule has 5 heteroatoms. The number of fused-ring (bicyclic) bond motifs is 3. The largest absolute Gasteiger partial charge is 0.358 e. The van der Waals surface area contributed by atoms with Gasteiger partial charge in [0.2, 0.25) is 5.91 Å². The normalized spacial score (nSPS) is 17.5. The molecule has 1 aliphatic carbocycles. The van der Waals surface area contributed by atoms with Gasteiger partial charge in [0.25, 0.3) is 0 Å². The molecule has 0 spiro atoms. The van der Waals surface area contributed by atoms with Crippen LogP contribution < -0.4 is 5.32 Å². The third-order valence-electron chi connectivity index (χ3n) is 5.65. The quantitative estimate of drug-likeness (QED) is 0.549. The molecule has 2 N–H and O–H groups in total. The first kappa shape index (κ1) is 19.4. The Labute approximate surface area is 175 Å². The Bertz CT molecular complexity index is 1010. The van der Waals surface area contributed by atoms with E-state index in [2.05, 4.69) is 24.1 Å². The summed E-state index contributed by atoms with van der Waals surface area (Å²) in [5.74, 6) is 0.183. The fourth-order valence-corrected chi connectivity index (χ4v) is 4.99. The molecule has 0 fully saturated rings. The van der Waals surface area contributed by atoms with Gasteiger partial charge in [0.15, 0.2) is 0 Å². The summed E-state index contributed by atoms with van der Waals surface area (Å²) in [6.45, 7) is 4.19. The van der Waals surface area contributed by atoms with Crippen LogP contribution in [0.15, 0.2) is 42.5 Å². The number of benzene rings is 2. The monoisotopic (exact) mass is 414 g/mol. The van der Waals surface area contributed by atoms with Gasteiger partial charge in [-0.25, -0.2) is 0 Å². The lowest BCUT2D eigenvalue weighted by Gasteiger charge is -2.28. The van der Waals surface area contributed by atoms with Gasteiger partial charge in [-0.2, -0.15) is 0 Å². The first-order valence-electron chi connectivity index (χ1n) is 9.78. The van der Waals surface area contributed by atoms with Crippen LogP contribution in [0, 0.1) is 5.92 Å². The van der Waals surface area contributed by atoms with E-state index in [1.54, 1.807) is 6.07 Å². The van der Waals surface area contributed by atoms with Crippen molar-refractivity contribution in [3.05, 3.63) is 69.3 Å². The van der Waals surface area contributed by atoms with Crippen LogP contribution in [0.25, 0.3) is 10.9 Å². The van der Waals surface area contributed by atoms with Crippen LogP contribution in [0.5, 0.6) is 0 Å². The lowest BCUT2D eigenvalue weighted by molar-refractivity contribution is -0.124. The van der Waals surface area contributed by atoms with Crippen molar-refractivity contribution in [1.82, 2.24) is 10.3 Å². The number of carbonyl (C=O) groups excluding carboxylic acids is 1. The molecule has 1 amide bonds. The summed E-state index contributed by atoms with van der Waals surface area (Å²) in [4.78, 5) is 16.6. The zero-order valence-corrected chi connectivity index (χ0v) is 17.6. The molecule has 1 heterocycles. The van der Waals surface area contributed by atoms with Crippen molar-refractivity contribution in [3.63, 3.8) is 0 Å². The summed E-state index contributed by atoms with van der Waals surface area (Å²) < 4.78 is 0. The third-order valence-corrected chi connectivity index (χ3v) is 6.17. The zero-order chi connectivity index (χ0) is 19.8. The number of hydrogen-bond acceptors (Lipinski definition) is 1. The molecular weight excluding hydrogens is 391 g/mol. The number of aromatic nitrogens is 1. The zero-order valence-electron chi connectivity index (χ0n) is 16.1. The molecule has 0 bridgehead atoms. The minimum absolute atomic E-state index is 0.101. The molecule has 2 unspecified atom stereocenters. The van der Waals surface area contributed by atoms with Crippen LogP contribution in [0.4, 0.5) is 0 Å². The van der Waals surface area contributed by atoms with Gasteiger partial charge in [-0.15, -0.1) is 0 Å². The van der Waals surface area contributed by atoms with Gasteiger partial charge in [-0.1, -0.05) is 67.4 Å². The molecule has 2 atom stereocenters. The van der Waals surface area contributed by atoms with Gasteiger partial charge >= 0.3 is 0 Å². The number of halogens is 2. The standard InChI is InChI=1S/C23H24Cl2N2O/c1-13(2)21(14-6-4-3-5-7-14)23(28)26-16-8-9-19-17(12-16)22-18(25)10-15(24)11-20(22)27-19/h3-7,10-11,13,16,21,27H,8-9,12H2,1-2H3,(H,26,28). The smallest absolute Gasteiger partial charge is 0.228 e. The van der Waals surface area contributed by atoms with E-state index in [9.17, 15) is 4.79 Å². The molecular formula is C23H24Cl2N2O. The molecule has 3 nitrogen and oxygen atoms in total. The van der Waals surface area contributed by atoms with Crippen molar-refractivity contribution in [2.24, 2.45) is 5.92 Å². The first-order valence-corrected chi connectivity index (χ1v) is 10.5. The fourth-order valence-electron chi connectivity index (χ4n) is 4.39. The van der Waals surface area contributed by atoms with E-state index in [4.69, 9.17) is 23.2 Å². The summed E-state index contributed by atoms with van der Waals surface area (Å²) >= 11 is 12.6. The molecule has 3 aromatic rings. The molecule has 0 saturated carbocycles. The highest BCUT2D eigenvalue weighted by atomic mass is 35.5. The van der Waals surface area contributed by atoms with Crippen LogP contribution in [-0.4, -0.2) is 16.9 Å². The first-order chi connectivity index (χ1) is 13.4. The molecule has 4 rings (SSSR count). The second-order valence-corrected chi connectivity index (χ2v) is 8.82. The van der Waals surface area contributed by atoms with E-state index in [1.165, 1.54) is 11.3 Å². The number of rotatable bonds is 4. The highest BCUT2D eigenvalue weighted by Crippen LogP contribution is 2.36. The van der Waals surface area contributed by atoms with Crippen LogP contribution in [-0.2, 0) is 17.6 Å². The van der Waals surface area contributed by atoms with E-state index in [0.717, 1.165) is 35.7 Å². The Hall–Kier alpha value is -1.97. The Morgan fingerprint density at radius 1 is 1.18 bits per heavy atom. The predicted molar refractivity (Wildman–Crippen MR) is 116 cm³/mol. The lowest BCUT2D eigenvalue weighted by atomic mass is 9.86. The van der Waals surface area contributed by atoms with Crippen molar-refractivity contribution >= 4 is 40.0 Å². The third kappa shape index (κ3) is 3.66. The highest BCUT2D eigenvalue weighted by Gasteiger charge is 2.29. The SMILES string of the molecule is CC(C)C(C(=O)NC1CCc2[nH]c3cc(Cl)cc(Cl)c3c2C1)c1ccccc1. The summed E-state index contributed by atoms with van der Waals surface area (Å²) in [5, 5.41) is 5.63. The maximum Gasteiger partial charge on any atom is 0.228 e. The summed E-state index contributed by atoms with van der Waals surface area (Å²) in [7, 11) is 0. The van der Waals surface area contributed by atoms with Crippen molar-refractivity contribution in [2.75, 3.05) is 0 Å². The molecule has 28 heavy (non-hydrogen) atoms. The summed E-state index contributed by atoms with van der Waals surface area (Å²) in [6, 6.07) is 13.8. The number of nitrogens with one attached hydrogen (secondary N) is 2. The summed E-state index contributed by atoms with van der Waals surface area (Å²) in [6.07, 6.45) is 2.58. The molecule has 1 aromatic heterocycles. The lowest BCUT2D eigenvalue weighted by Crippen LogP contribution is -2.42. The van der Waals surface area contributed by atoms with Crippen LogP contribution >= 0.6 is 23.2 Å². The van der Waals surface area contributed by atoms with E-state index < -0.39 is 0 Å². The Kier molecular flexibility index (Phi) is 5.39. The number of carbonyl (C=O) groups is 1. The number of aromatic amines is 1. The minimum atomic E-state index is -0.145. The van der Waals surface area contributed by atoms with Crippen LogP contribution in [0.3, 0.4) is 0 Å². The van der Waals surface area contributed by atoms with Gasteiger partial charge < -0.3 is 10.3 Å². The van der Waals surface area contributed by atoms with Gasteiger partial charge in [0, 0.05) is 27.7 Å². The van der Waals surface area contributed by atoms with E-state index in [1.807, 2.05) is 36.4 Å². The second-order valence-electron chi connectivity index (χ2n) is 7.97. The van der Waals surface area contributed by atoms with Crippen LogP contribution in [0.2, 0.25) is 10.0 Å². The highest BCUT2D eigenvalue weighted by molar-refractivity contribution is 6.38. The van der Waals surface area contributed by atoms with Gasteiger partial charge in [-0.05, 0) is 48.4 Å². The molecule has 0 aliphatic heterocycles. The van der Waals surface area contributed by atoms with Crippen molar-refractivity contribution in [3.8, 4) is 0 Å². The van der Waals surface area contributed by atoms with Crippen molar-refractivity contribution in [2.45, 2.75) is 45.1 Å². The van der Waals surface area contributed by atoms with Gasteiger partial charge in [0.05, 0.1) is 10.9 Å². The molecule has 0 saturated heterocycles. The number of hydrogen-bond donors (Lipinski definition) is 2. The van der Waals surface area contributed by atoms with E-state index in [0.29, 0.717) is 10.0 Å². The minimum Gasteiger partial charge on any atom is -0.358 e. The Balaban J connectivity index is 1.57. The maximum atomic E-state index is 13.1. The molecule has 1 aliphatic rings. The molecule has 0 radical (unpaired) electrons. The molecule has 146 valence electrons. The molecule has 2 aromatic carbocycles. The van der Waals surface area contributed by atoms with Crippen LogP contribution in [0.1, 0.15) is 43.0 Å². The van der Waals surface area contributed by atoms with Crippen molar-refractivity contribution < 1.29 is 4.79 Å². The average molecular weight is 415 g/mol. The predicted octanol–water partition coefficient (Wildman–Crippen LogP) is 5.89. The van der Waals surface area contributed by atoms with Gasteiger partial charge in [0.1, 0.15) is 0 Å². The number of aryl methyl sites for hydroxylation is 1. The Morgan fingerprint density at radius 3 is 2.64 bits per heavy atom. The number of H-pyrrole nitrogens is 1. The maximum absolute atomic E-state index is 13.1. The topological polar surface area (TPSA) is 44.9 Å². The van der Waals surface area contributed by atoms with E-state index in [-0.39, 0.29) is 23.8 Å². The average Bonchev–Trinajstić information content (AvgIpc) is 3.00. The second kappa shape index (κ2) is 7.81. The Morgan fingerprint density at radius 2 is 1.93 bits per heavy atom.